The highest BCUT2D eigenvalue weighted by molar-refractivity contribution is 5.89. The van der Waals surface area contributed by atoms with Crippen LogP contribution in [0, 0.1) is 11.8 Å². The fourth-order valence-electron chi connectivity index (χ4n) is 5.96. The molecule has 33 heavy (non-hydrogen) atoms. The second kappa shape index (κ2) is 8.72. The number of carbonyl (C=O) groups excluding carboxylic acids is 3. The first-order valence-electron chi connectivity index (χ1n) is 11.8. The van der Waals surface area contributed by atoms with Gasteiger partial charge in [0.2, 0.25) is 17.7 Å². The number of nitrogens with zero attached hydrogens (tertiary/aromatic N) is 3. The molecule has 3 atom stereocenters. The molecule has 8 heteroatoms. The van der Waals surface area contributed by atoms with Gasteiger partial charge in [-0.05, 0) is 60.4 Å². The average Bonchev–Trinajstić information content (AvgIpc) is 2.96. The van der Waals surface area contributed by atoms with Crippen LogP contribution < -0.4 is 9.47 Å². The number of rotatable bonds is 4. The van der Waals surface area contributed by atoms with Gasteiger partial charge in [-0.3, -0.25) is 14.4 Å². The van der Waals surface area contributed by atoms with Crippen molar-refractivity contribution in [1.82, 2.24) is 14.7 Å². The van der Waals surface area contributed by atoms with Gasteiger partial charge in [0.1, 0.15) is 6.54 Å². The van der Waals surface area contributed by atoms with E-state index in [-0.39, 0.29) is 36.7 Å². The molecule has 2 bridgehead atoms. The number of carbonyl (C=O) groups is 3. The Bertz CT molecular complexity index is 1010. The quantitative estimate of drug-likeness (QED) is 0.696. The van der Waals surface area contributed by atoms with Gasteiger partial charge in [-0.1, -0.05) is 0 Å². The zero-order valence-electron chi connectivity index (χ0n) is 19.3. The van der Waals surface area contributed by atoms with Crippen molar-refractivity contribution in [2.75, 3.05) is 40.4 Å². The van der Waals surface area contributed by atoms with Gasteiger partial charge in [-0.2, -0.15) is 0 Å². The minimum Gasteiger partial charge on any atom is -0.493 e. The molecule has 4 heterocycles. The second-order valence-corrected chi connectivity index (χ2v) is 9.59. The Kier molecular flexibility index (Phi) is 5.76. The predicted octanol–water partition coefficient (Wildman–Crippen LogP) is 1.92. The lowest BCUT2D eigenvalue weighted by atomic mass is 9.76. The lowest BCUT2D eigenvalue weighted by Gasteiger charge is -2.52. The Morgan fingerprint density at radius 1 is 1.06 bits per heavy atom. The fraction of sp³-hybridized carbons (Fsp3) is 0.560. The van der Waals surface area contributed by atoms with E-state index in [0.29, 0.717) is 42.8 Å². The zero-order valence-corrected chi connectivity index (χ0v) is 19.3. The van der Waals surface area contributed by atoms with E-state index in [1.165, 1.54) is 4.90 Å². The number of ether oxygens (including phenoxy) is 2. The van der Waals surface area contributed by atoms with Gasteiger partial charge in [-0.25, -0.2) is 0 Å². The van der Waals surface area contributed by atoms with Crippen molar-refractivity contribution in [3.8, 4) is 11.5 Å². The van der Waals surface area contributed by atoms with E-state index < -0.39 is 0 Å². The molecule has 3 fully saturated rings. The molecule has 1 unspecified atom stereocenters. The van der Waals surface area contributed by atoms with Gasteiger partial charge in [0, 0.05) is 38.3 Å². The van der Waals surface area contributed by atoms with Gasteiger partial charge >= 0.3 is 0 Å². The number of fused-ring (bicyclic) bond motifs is 5. The summed E-state index contributed by atoms with van der Waals surface area (Å²) >= 11 is 0. The van der Waals surface area contributed by atoms with Crippen LogP contribution in [0.2, 0.25) is 0 Å². The first-order chi connectivity index (χ1) is 16.0. The van der Waals surface area contributed by atoms with Crippen molar-refractivity contribution in [3.05, 3.63) is 29.5 Å². The normalized spacial score (nSPS) is 26.5. The molecule has 5 rings (SSSR count). The number of benzene rings is 1. The van der Waals surface area contributed by atoms with Gasteiger partial charge in [0.15, 0.2) is 11.5 Å². The molecule has 1 aromatic carbocycles. The number of hydrogen-bond donors (Lipinski definition) is 0. The maximum atomic E-state index is 13.2. The summed E-state index contributed by atoms with van der Waals surface area (Å²) in [7, 11) is 3.15. The Morgan fingerprint density at radius 3 is 2.64 bits per heavy atom. The number of piperidine rings is 3. The maximum absolute atomic E-state index is 13.2. The third kappa shape index (κ3) is 4.07. The highest BCUT2D eigenvalue weighted by Crippen LogP contribution is 2.38. The van der Waals surface area contributed by atoms with Crippen LogP contribution in [0.4, 0.5) is 0 Å². The van der Waals surface area contributed by atoms with Gasteiger partial charge in [0.05, 0.1) is 20.6 Å². The van der Waals surface area contributed by atoms with Crippen molar-refractivity contribution in [2.24, 2.45) is 11.8 Å². The van der Waals surface area contributed by atoms with Crippen molar-refractivity contribution in [3.63, 3.8) is 0 Å². The minimum absolute atomic E-state index is 0.0283. The second-order valence-electron chi connectivity index (χ2n) is 9.59. The molecule has 3 amide bonds. The number of hydrogen-bond acceptors (Lipinski definition) is 5. The third-order valence-corrected chi connectivity index (χ3v) is 7.58. The highest BCUT2D eigenvalue weighted by atomic mass is 16.5. The predicted molar refractivity (Wildman–Crippen MR) is 122 cm³/mol. The van der Waals surface area contributed by atoms with E-state index in [2.05, 4.69) is 4.90 Å². The molecule has 176 valence electrons. The summed E-state index contributed by atoms with van der Waals surface area (Å²) in [5.41, 5.74) is 1.73. The SMILES string of the molecule is COc1cc2c(cc1OC)CC(=O)N(CC(=O)N1C[C@H]3C[C@@H](C1)C1CCCC(=O)N1C3)C=C2. The number of amides is 3. The summed E-state index contributed by atoms with van der Waals surface area (Å²) in [6.07, 6.45) is 7.46. The van der Waals surface area contributed by atoms with Crippen LogP contribution in [0.5, 0.6) is 11.5 Å². The van der Waals surface area contributed by atoms with E-state index in [0.717, 1.165) is 36.9 Å². The first-order valence-corrected chi connectivity index (χ1v) is 11.8. The topological polar surface area (TPSA) is 79.4 Å². The molecule has 0 N–H and O–H groups in total. The minimum atomic E-state index is -0.119. The Labute approximate surface area is 194 Å². The third-order valence-electron chi connectivity index (χ3n) is 7.58. The van der Waals surface area contributed by atoms with E-state index in [9.17, 15) is 14.4 Å². The molecule has 8 nitrogen and oxygen atoms in total. The van der Waals surface area contributed by atoms with Crippen LogP contribution in [-0.2, 0) is 20.8 Å². The van der Waals surface area contributed by atoms with Crippen LogP contribution in [-0.4, -0.2) is 78.9 Å². The molecule has 4 aliphatic rings. The van der Waals surface area contributed by atoms with E-state index in [1.54, 1.807) is 20.4 Å². The van der Waals surface area contributed by atoms with Crippen molar-refractivity contribution >= 4 is 23.8 Å². The molecule has 0 saturated carbocycles. The van der Waals surface area contributed by atoms with E-state index >= 15 is 0 Å². The summed E-state index contributed by atoms with van der Waals surface area (Å²) < 4.78 is 10.7. The van der Waals surface area contributed by atoms with E-state index in [4.69, 9.17) is 9.47 Å². The molecule has 1 aromatic rings. The average molecular weight is 454 g/mol. The molecular formula is C25H31N3O5. The van der Waals surface area contributed by atoms with Crippen LogP contribution in [0.15, 0.2) is 18.3 Å². The van der Waals surface area contributed by atoms with Crippen molar-refractivity contribution in [1.29, 1.82) is 0 Å². The molecule has 3 saturated heterocycles. The molecular weight excluding hydrogens is 422 g/mol. The Morgan fingerprint density at radius 2 is 1.85 bits per heavy atom. The van der Waals surface area contributed by atoms with Crippen LogP contribution in [0.3, 0.4) is 0 Å². The van der Waals surface area contributed by atoms with Gasteiger partial charge in [0.25, 0.3) is 0 Å². The number of methoxy groups -OCH3 is 2. The summed E-state index contributed by atoms with van der Waals surface area (Å²) in [5, 5.41) is 0. The Hall–Kier alpha value is -3.03. The van der Waals surface area contributed by atoms with Crippen molar-refractivity contribution in [2.45, 2.75) is 38.1 Å². The lowest BCUT2D eigenvalue weighted by Crippen LogP contribution is -2.61. The number of likely N-dealkylation sites (tertiary alicyclic amines) is 1. The van der Waals surface area contributed by atoms with Gasteiger partial charge in [-0.15, -0.1) is 0 Å². The maximum Gasteiger partial charge on any atom is 0.242 e. The largest absolute Gasteiger partial charge is 0.493 e. The zero-order chi connectivity index (χ0) is 23.1. The molecule has 0 radical (unpaired) electrons. The van der Waals surface area contributed by atoms with E-state index in [1.807, 2.05) is 23.1 Å². The fourth-order valence-corrected chi connectivity index (χ4v) is 5.96. The molecule has 0 spiro atoms. The highest BCUT2D eigenvalue weighted by Gasteiger charge is 2.44. The first kappa shape index (κ1) is 21.8. The molecule has 0 aliphatic carbocycles. The van der Waals surface area contributed by atoms with Crippen molar-refractivity contribution < 1.29 is 23.9 Å². The Balaban J connectivity index is 1.27. The smallest absolute Gasteiger partial charge is 0.242 e. The molecule has 4 aliphatic heterocycles. The van der Waals surface area contributed by atoms with Crippen LogP contribution in [0.25, 0.3) is 6.08 Å². The summed E-state index contributed by atoms with van der Waals surface area (Å²) in [6, 6.07) is 3.94. The van der Waals surface area contributed by atoms with Crippen LogP contribution in [0.1, 0.15) is 36.8 Å². The standard InChI is InChI=1S/C25H31N3O5/c1-32-21-9-17-6-7-26(24(30)11-18(17)10-22(21)33-2)15-25(31)27-12-16-8-19(14-27)20-4-3-5-23(29)28(20)13-16/h6-7,9-10,16,19-20H,3-5,8,11-15H2,1-2H3/t16-,19+,20?/m1/s1. The van der Waals surface area contributed by atoms with Gasteiger partial charge < -0.3 is 24.2 Å². The van der Waals surface area contributed by atoms with Crippen LogP contribution >= 0.6 is 0 Å². The summed E-state index contributed by atoms with van der Waals surface area (Å²) in [5.74, 6) is 1.97. The lowest BCUT2D eigenvalue weighted by molar-refractivity contribution is -0.150. The monoisotopic (exact) mass is 453 g/mol. The summed E-state index contributed by atoms with van der Waals surface area (Å²) in [6.45, 7) is 2.12. The molecule has 0 aromatic heterocycles. The summed E-state index contributed by atoms with van der Waals surface area (Å²) in [4.78, 5) is 44.1.